The smallest absolute Gasteiger partial charge is 0.129 e. The lowest BCUT2D eigenvalue weighted by Crippen LogP contribution is -2.07. The molecule has 0 radical (unpaired) electrons. The van der Waals surface area contributed by atoms with Crippen LogP contribution >= 0.6 is 0 Å². The Bertz CT molecular complexity index is 125. The standard InChI is InChI=1S/C7H12O2/c1-6(8)2-3-7(9)4-5-7/h9H,2-5H2,1H3. The first-order valence-corrected chi connectivity index (χ1v) is 3.34. The summed E-state index contributed by atoms with van der Waals surface area (Å²) >= 11 is 0. The Labute approximate surface area is 54.9 Å². The van der Waals surface area contributed by atoms with Gasteiger partial charge in [-0.15, -0.1) is 0 Å². The summed E-state index contributed by atoms with van der Waals surface area (Å²) in [6, 6.07) is 0. The van der Waals surface area contributed by atoms with Gasteiger partial charge in [0.25, 0.3) is 0 Å². The van der Waals surface area contributed by atoms with Gasteiger partial charge in [-0.1, -0.05) is 0 Å². The van der Waals surface area contributed by atoms with Gasteiger partial charge in [0.1, 0.15) is 5.78 Å². The van der Waals surface area contributed by atoms with Crippen molar-refractivity contribution in [1.29, 1.82) is 0 Å². The molecule has 0 aliphatic heterocycles. The molecule has 1 fully saturated rings. The highest BCUT2D eigenvalue weighted by molar-refractivity contribution is 5.75. The van der Waals surface area contributed by atoms with Gasteiger partial charge in [-0.25, -0.2) is 0 Å². The second kappa shape index (κ2) is 2.10. The molecule has 0 saturated heterocycles. The molecule has 0 bridgehead atoms. The first kappa shape index (κ1) is 6.75. The van der Waals surface area contributed by atoms with Gasteiger partial charge in [0.05, 0.1) is 5.60 Å². The van der Waals surface area contributed by atoms with Gasteiger partial charge in [0.2, 0.25) is 0 Å². The number of carbonyl (C=O) groups is 1. The maximum Gasteiger partial charge on any atom is 0.129 e. The van der Waals surface area contributed by atoms with Gasteiger partial charge in [0, 0.05) is 6.42 Å². The first-order chi connectivity index (χ1) is 4.12. The molecule has 1 saturated carbocycles. The van der Waals surface area contributed by atoms with Crippen LogP contribution in [0.1, 0.15) is 32.6 Å². The minimum Gasteiger partial charge on any atom is -0.390 e. The van der Waals surface area contributed by atoms with Crippen LogP contribution in [0.15, 0.2) is 0 Å². The van der Waals surface area contributed by atoms with Gasteiger partial charge in [0.15, 0.2) is 0 Å². The quantitative estimate of drug-likeness (QED) is 0.612. The minimum atomic E-state index is -0.439. The van der Waals surface area contributed by atoms with E-state index in [1.54, 1.807) is 6.92 Å². The zero-order valence-corrected chi connectivity index (χ0v) is 5.68. The van der Waals surface area contributed by atoms with Crippen LogP contribution in [0, 0.1) is 0 Å². The molecule has 0 amide bonds. The molecule has 1 N–H and O–H groups in total. The van der Waals surface area contributed by atoms with E-state index in [-0.39, 0.29) is 5.78 Å². The molecule has 0 aromatic carbocycles. The van der Waals surface area contributed by atoms with Gasteiger partial charge >= 0.3 is 0 Å². The van der Waals surface area contributed by atoms with Crippen LogP contribution in [0.2, 0.25) is 0 Å². The van der Waals surface area contributed by atoms with Crippen molar-refractivity contribution in [2.24, 2.45) is 0 Å². The van der Waals surface area contributed by atoms with Gasteiger partial charge in [-0.05, 0) is 26.2 Å². The highest BCUT2D eigenvalue weighted by Crippen LogP contribution is 2.39. The fourth-order valence-corrected chi connectivity index (χ4v) is 0.803. The zero-order chi connectivity index (χ0) is 6.91. The number of Topliss-reactive ketones (excluding diaryl/α,β-unsaturated/α-hetero) is 1. The molecular weight excluding hydrogens is 116 g/mol. The molecule has 0 aromatic heterocycles. The molecule has 0 unspecified atom stereocenters. The Hall–Kier alpha value is -0.370. The minimum absolute atomic E-state index is 0.176. The first-order valence-electron chi connectivity index (χ1n) is 3.34. The van der Waals surface area contributed by atoms with E-state index in [4.69, 9.17) is 0 Å². The maximum atomic E-state index is 10.4. The summed E-state index contributed by atoms with van der Waals surface area (Å²) in [7, 11) is 0. The van der Waals surface area contributed by atoms with Crippen molar-refractivity contribution >= 4 is 5.78 Å². The molecule has 1 rings (SSSR count). The normalized spacial score (nSPS) is 21.6. The third-order valence-electron chi connectivity index (χ3n) is 1.77. The third-order valence-corrected chi connectivity index (χ3v) is 1.77. The lowest BCUT2D eigenvalue weighted by atomic mass is 10.1. The molecule has 0 aromatic rings. The molecular formula is C7H12O2. The highest BCUT2D eigenvalue weighted by Gasteiger charge is 2.39. The maximum absolute atomic E-state index is 10.4. The number of aliphatic hydroxyl groups is 1. The summed E-state index contributed by atoms with van der Waals surface area (Å²) in [5.74, 6) is 0.176. The third kappa shape index (κ3) is 2.14. The topological polar surface area (TPSA) is 37.3 Å². The second-order valence-corrected chi connectivity index (χ2v) is 2.93. The van der Waals surface area contributed by atoms with Gasteiger partial charge in [-0.3, -0.25) is 0 Å². The molecule has 0 atom stereocenters. The van der Waals surface area contributed by atoms with E-state index in [1.807, 2.05) is 0 Å². The van der Waals surface area contributed by atoms with E-state index in [9.17, 15) is 9.90 Å². The summed E-state index contributed by atoms with van der Waals surface area (Å²) < 4.78 is 0. The Morgan fingerprint density at radius 1 is 1.67 bits per heavy atom. The predicted octanol–water partition coefficient (Wildman–Crippen LogP) is 0.881. The van der Waals surface area contributed by atoms with Crippen molar-refractivity contribution in [3.05, 3.63) is 0 Å². The van der Waals surface area contributed by atoms with Crippen LogP contribution in [0.5, 0.6) is 0 Å². The lowest BCUT2D eigenvalue weighted by Gasteiger charge is -2.02. The van der Waals surface area contributed by atoms with Crippen molar-refractivity contribution in [1.82, 2.24) is 0 Å². The average molecular weight is 128 g/mol. The summed E-state index contributed by atoms with van der Waals surface area (Å²) in [4.78, 5) is 10.4. The highest BCUT2D eigenvalue weighted by atomic mass is 16.3. The van der Waals surface area contributed by atoms with Crippen LogP contribution in [0.4, 0.5) is 0 Å². The van der Waals surface area contributed by atoms with E-state index >= 15 is 0 Å². The molecule has 52 valence electrons. The SMILES string of the molecule is CC(=O)CCC1(O)CC1. The van der Waals surface area contributed by atoms with Crippen molar-refractivity contribution in [2.45, 2.75) is 38.2 Å². The monoisotopic (exact) mass is 128 g/mol. The van der Waals surface area contributed by atoms with Crippen molar-refractivity contribution in [3.8, 4) is 0 Å². The van der Waals surface area contributed by atoms with Crippen molar-refractivity contribution < 1.29 is 9.90 Å². The fraction of sp³-hybridized carbons (Fsp3) is 0.857. The Morgan fingerprint density at radius 3 is 2.56 bits per heavy atom. The molecule has 2 nitrogen and oxygen atoms in total. The fourth-order valence-electron chi connectivity index (χ4n) is 0.803. The summed E-state index contributed by atoms with van der Waals surface area (Å²) in [5, 5.41) is 9.23. The number of hydrogen-bond acceptors (Lipinski definition) is 2. The Kier molecular flexibility index (Phi) is 1.58. The van der Waals surface area contributed by atoms with Crippen LogP contribution in [-0.2, 0) is 4.79 Å². The van der Waals surface area contributed by atoms with Gasteiger partial charge in [-0.2, -0.15) is 0 Å². The molecule has 1 aliphatic carbocycles. The van der Waals surface area contributed by atoms with E-state index in [0.29, 0.717) is 12.8 Å². The van der Waals surface area contributed by atoms with Crippen molar-refractivity contribution in [2.75, 3.05) is 0 Å². The number of hydrogen-bond donors (Lipinski definition) is 1. The van der Waals surface area contributed by atoms with Crippen LogP contribution in [-0.4, -0.2) is 16.5 Å². The van der Waals surface area contributed by atoms with Crippen LogP contribution < -0.4 is 0 Å². The molecule has 0 spiro atoms. The number of rotatable bonds is 3. The molecule has 1 aliphatic rings. The molecule has 2 heteroatoms. The molecule has 0 heterocycles. The van der Waals surface area contributed by atoms with Crippen molar-refractivity contribution in [3.63, 3.8) is 0 Å². The van der Waals surface area contributed by atoms with E-state index in [2.05, 4.69) is 0 Å². The second-order valence-electron chi connectivity index (χ2n) is 2.93. The summed E-state index contributed by atoms with van der Waals surface area (Å²) in [6.45, 7) is 1.56. The van der Waals surface area contributed by atoms with E-state index in [0.717, 1.165) is 12.8 Å². The molecule has 9 heavy (non-hydrogen) atoms. The van der Waals surface area contributed by atoms with E-state index in [1.165, 1.54) is 0 Å². The number of carbonyl (C=O) groups excluding carboxylic acids is 1. The van der Waals surface area contributed by atoms with Crippen LogP contribution in [0.25, 0.3) is 0 Å². The van der Waals surface area contributed by atoms with Gasteiger partial charge < -0.3 is 9.90 Å². The predicted molar refractivity (Wildman–Crippen MR) is 34.1 cm³/mol. The summed E-state index contributed by atoms with van der Waals surface area (Å²) in [5.41, 5.74) is -0.439. The lowest BCUT2D eigenvalue weighted by molar-refractivity contribution is -0.117. The summed E-state index contributed by atoms with van der Waals surface area (Å²) in [6.07, 6.45) is 2.99. The van der Waals surface area contributed by atoms with Crippen LogP contribution in [0.3, 0.4) is 0 Å². The number of ketones is 1. The average Bonchev–Trinajstić information content (AvgIpc) is 2.45. The Balaban J connectivity index is 2.12. The zero-order valence-electron chi connectivity index (χ0n) is 5.68. The Morgan fingerprint density at radius 2 is 2.22 bits per heavy atom. The van der Waals surface area contributed by atoms with E-state index < -0.39 is 5.60 Å². The largest absolute Gasteiger partial charge is 0.390 e.